The molecule has 0 radical (unpaired) electrons. The van der Waals surface area contributed by atoms with E-state index in [0.717, 1.165) is 0 Å². The van der Waals surface area contributed by atoms with Crippen molar-refractivity contribution in [2.75, 3.05) is 6.61 Å². The lowest BCUT2D eigenvalue weighted by molar-refractivity contribution is -0.289. The summed E-state index contributed by atoms with van der Waals surface area (Å²) in [5.41, 5.74) is 0. The third-order valence-electron chi connectivity index (χ3n) is 2.65. The minimum atomic E-state index is -1.73. The van der Waals surface area contributed by atoms with Gasteiger partial charge in [0, 0.05) is 6.42 Å². The third kappa shape index (κ3) is 4.68. The van der Waals surface area contributed by atoms with E-state index in [9.17, 15) is 20.1 Å². The normalized spacial score (nSPS) is 36.3. The first-order valence-corrected chi connectivity index (χ1v) is 6.71. The van der Waals surface area contributed by atoms with Gasteiger partial charge in [0.1, 0.15) is 24.4 Å². The Bertz CT molecular complexity index is 321. The van der Waals surface area contributed by atoms with Crippen molar-refractivity contribution in [1.82, 2.24) is 0 Å². The molecule has 0 bridgehead atoms. The van der Waals surface area contributed by atoms with E-state index in [1.807, 2.05) is 0 Å². The molecule has 112 valence electrons. The number of aliphatic hydroxyl groups excluding tert-OH is 3. The molecule has 0 saturated carbocycles. The topological polar surface area (TPSA) is 96.2 Å². The molecule has 1 fully saturated rings. The fourth-order valence-electron chi connectivity index (χ4n) is 1.63. The molecular weight excluding hydrogens is 322 g/mol. The van der Waals surface area contributed by atoms with Crippen molar-refractivity contribution in [3.63, 3.8) is 0 Å². The SMILES string of the molecule is CCC(=O)[C@@H]1O[C@H](OCC(Cl)(Cl)Cl)[C@@H](O)[C@H](O)[C@H]1O. The van der Waals surface area contributed by atoms with E-state index in [1.54, 1.807) is 6.92 Å². The maximum absolute atomic E-state index is 11.6. The van der Waals surface area contributed by atoms with Crippen LogP contribution in [0.5, 0.6) is 0 Å². The predicted octanol–water partition coefficient (Wildman–Crippen LogP) is 0.160. The average Bonchev–Trinajstić information content (AvgIpc) is 2.33. The summed E-state index contributed by atoms with van der Waals surface area (Å²) in [6, 6.07) is 0. The molecule has 3 N–H and O–H groups in total. The van der Waals surface area contributed by atoms with Crippen LogP contribution in [0, 0.1) is 0 Å². The van der Waals surface area contributed by atoms with Crippen molar-refractivity contribution in [2.45, 2.75) is 47.8 Å². The molecule has 0 aliphatic carbocycles. The van der Waals surface area contributed by atoms with Crippen LogP contribution in [0.2, 0.25) is 0 Å². The molecule has 1 saturated heterocycles. The van der Waals surface area contributed by atoms with E-state index < -0.39 is 46.9 Å². The molecule has 0 aromatic rings. The Morgan fingerprint density at radius 3 is 2.26 bits per heavy atom. The number of hydrogen-bond acceptors (Lipinski definition) is 6. The van der Waals surface area contributed by atoms with E-state index in [0.29, 0.717) is 0 Å². The van der Waals surface area contributed by atoms with E-state index in [-0.39, 0.29) is 6.42 Å². The van der Waals surface area contributed by atoms with Crippen LogP contribution in [0.3, 0.4) is 0 Å². The molecule has 19 heavy (non-hydrogen) atoms. The molecule has 6 nitrogen and oxygen atoms in total. The summed E-state index contributed by atoms with van der Waals surface area (Å²) in [4.78, 5) is 11.6. The number of hydrogen-bond donors (Lipinski definition) is 3. The van der Waals surface area contributed by atoms with Gasteiger partial charge in [0.05, 0.1) is 6.61 Å². The molecule has 0 spiro atoms. The van der Waals surface area contributed by atoms with Gasteiger partial charge in [-0.2, -0.15) is 0 Å². The van der Waals surface area contributed by atoms with Gasteiger partial charge in [0.15, 0.2) is 12.1 Å². The van der Waals surface area contributed by atoms with Crippen molar-refractivity contribution in [2.24, 2.45) is 0 Å². The lowest BCUT2D eigenvalue weighted by Gasteiger charge is -2.39. The number of carbonyl (C=O) groups is 1. The molecule has 0 unspecified atom stereocenters. The number of aliphatic hydroxyl groups is 3. The largest absolute Gasteiger partial charge is 0.387 e. The van der Waals surface area contributed by atoms with E-state index in [1.165, 1.54) is 0 Å². The van der Waals surface area contributed by atoms with Gasteiger partial charge in [0.25, 0.3) is 0 Å². The molecule has 1 aliphatic heterocycles. The van der Waals surface area contributed by atoms with Gasteiger partial charge in [-0.3, -0.25) is 4.79 Å². The first-order valence-electron chi connectivity index (χ1n) is 5.58. The minimum absolute atomic E-state index is 0.0989. The average molecular weight is 338 g/mol. The summed E-state index contributed by atoms with van der Waals surface area (Å²) in [5.74, 6) is -0.430. The van der Waals surface area contributed by atoms with Crippen LogP contribution in [-0.2, 0) is 14.3 Å². The van der Waals surface area contributed by atoms with Gasteiger partial charge in [0.2, 0.25) is 3.79 Å². The highest BCUT2D eigenvalue weighted by Crippen LogP contribution is 2.29. The molecule has 1 rings (SSSR count). The summed E-state index contributed by atoms with van der Waals surface area (Å²) >= 11 is 16.4. The summed E-state index contributed by atoms with van der Waals surface area (Å²) < 4.78 is 8.41. The molecule has 9 heteroatoms. The highest BCUT2D eigenvalue weighted by Gasteiger charge is 2.47. The molecule has 1 heterocycles. The lowest BCUT2D eigenvalue weighted by Crippen LogP contribution is -2.60. The molecule has 0 aromatic carbocycles. The van der Waals surface area contributed by atoms with Crippen LogP contribution in [-0.4, -0.2) is 62.2 Å². The summed E-state index contributed by atoms with van der Waals surface area (Å²) in [6.07, 6.45) is -7.23. The van der Waals surface area contributed by atoms with Crippen molar-refractivity contribution < 1.29 is 29.6 Å². The van der Waals surface area contributed by atoms with E-state index in [4.69, 9.17) is 44.3 Å². The molecular formula is C10H15Cl3O6. The zero-order chi connectivity index (χ0) is 14.8. The zero-order valence-electron chi connectivity index (χ0n) is 10.0. The standard InChI is InChI=1S/C10H15Cl3O6/c1-2-4(14)8-6(16)5(15)7(17)9(19-8)18-3-10(11,12)13/h5-9,15-17H,2-3H2,1H3/t5-,6-,7+,8+,9+/m1/s1. The third-order valence-corrected chi connectivity index (χ3v) is 2.97. The number of ether oxygens (including phenoxy) is 2. The number of carbonyl (C=O) groups excluding carboxylic acids is 1. The highest BCUT2D eigenvalue weighted by molar-refractivity contribution is 6.67. The Kier molecular flexibility index (Phi) is 6.28. The minimum Gasteiger partial charge on any atom is -0.387 e. The maximum atomic E-state index is 11.6. The van der Waals surface area contributed by atoms with E-state index in [2.05, 4.69) is 0 Å². The summed E-state index contributed by atoms with van der Waals surface area (Å²) in [6.45, 7) is 1.17. The second kappa shape index (κ2) is 6.87. The van der Waals surface area contributed by atoms with Crippen LogP contribution < -0.4 is 0 Å². The van der Waals surface area contributed by atoms with Gasteiger partial charge in [-0.25, -0.2) is 0 Å². The van der Waals surface area contributed by atoms with Crippen molar-refractivity contribution in [1.29, 1.82) is 0 Å². The van der Waals surface area contributed by atoms with Gasteiger partial charge < -0.3 is 24.8 Å². The van der Waals surface area contributed by atoms with Crippen molar-refractivity contribution in [3.05, 3.63) is 0 Å². The van der Waals surface area contributed by atoms with Gasteiger partial charge in [-0.15, -0.1) is 0 Å². The Balaban J connectivity index is 2.73. The quantitative estimate of drug-likeness (QED) is 0.633. The molecule has 5 atom stereocenters. The molecule has 0 amide bonds. The first-order chi connectivity index (χ1) is 8.67. The van der Waals surface area contributed by atoms with Crippen LogP contribution >= 0.6 is 34.8 Å². The summed E-state index contributed by atoms with van der Waals surface area (Å²) in [7, 11) is 0. The van der Waals surface area contributed by atoms with Gasteiger partial charge in [-0.1, -0.05) is 41.7 Å². The summed E-state index contributed by atoms with van der Waals surface area (Å²) in [5, 5.41) is 29.0. The lowest BCUT2D eigenvalue weighted by atomic mass is 9.95. The Labute approximate surface area is 125 Å². The highest BCUT2D eigenvalue weighted by atomic mass is 35.6. The molecule has 1 aliphatic rings. The van der Waals surface area contributed by atoms with Crippen LogP contribution in [0.25, 0.3) is 0 Å². The zero-order valence-corrected chi connectivity index (χ0v) is 12.3. The fraction of sp³-hybridized carbons (Fsp3) is 0.900. The van der Waals surface area contributed by atoms with Crippen LogP contribution in [0.1, 0.15) is 13.3 Å². The predicted molar refractivity (Wildman–Crippen MR) is 68.2 cm³/mol. The van der Waals surface area contributed by atoms with Crippen molar-refractivity contribution in [3.8, 4) is 0 Å². The Hall–Kier alpha value is 0.340. The second-order valence-electron chi connectivity index (χ2n) is 4.14. The number of halogens is 3. The molecule has 0 aromatic heterocycles. The Morgan fingerprint density at radius 2 is 1.79 bits per heavy atom. The van der Waals surface area contributed by atoms with E-state index >= 15 is 0 Å². The van der Waals surface area contributed by atoms with Gasteiger partial charge in [-0.05, 0) is 0 Å². The number of Topliss-reactive ketones (excluding diaryl/α,β-unsaturated/α-hetero) is 1. The van der Waals surface area contributed by atoms with Crippen LogP contribution in [0.15, 0.2) is 0 Å². The van der Waals surface area contributed by atoms with Crippen LogP contribution in [0.4, 0.5) is 0 Å². The first kappa shape index (κ1) is 17.4. The monoisotopic (exact) mass is 336 g/mol. The maximum Gasteiger partial charge on any atom is 0.213 e. The smallest absolute Gasteiger partial charge is 0.213 e. The number of ketones is 1. The fourth-order valence-corrected chi connectivity index (χ4v) is 1.82. The Morgan fingerprint density at radius 1 is 1.21 bits per heavy atom. The van der Waals surface area contributed by atoms with Gasteiger partial charge >= 0.3 is 0 Å². The van der Waals surface area contributed by atoms with Crippen molar-refractivity contribution >= 4 is 40.6 Å². The number of alkyl halides is 3. The second-order valence-corrected chi connectivity index (χ2v) is 6.66. The number of rotatable bonds is 4.